The van der Waals surface area contributed by atoms with Crippen LogP contribution in [-0.4, -0.2) is 44.3 Å². The first-order chi connectivity index (χ1) is 12.6. The summed E-state index contributed by atoms with van der Waals surface area (Å²) >= 11 is 9.27. The normalized spacial score (nSPS) is 15.4. The van der Waals surface area contributed by atoms with E-state index in [-0.39, 0.29) is 11.9 Å². The lowest BCUT2D eigenvalue weighted by molar-refractivity contribution is -0.139. The Labute approximate surface area is 162 Å². The van der Waals surface area contributed by atoms with Gasteiger partial charge in [-0.1, -0.05) is 11.6 Å². The number of nitrogens with zero attached hydrogens (tertiary/aromatic N) is 6. The molecule has 0 amide bonds. The second-order valence-electron chi connectivity index (χ2n) is 5.98. The van der Waals surface area contributed by atoms with Crippen LogP contribution in [-0.2, 0) is 4.79 Å². The molecule has 1 saturated heterocycles. The van der Waals surface area contributed by atoms with Gasteiger partial charge < -0.3 is 9.64 Å². The van der Waals surface area contributed by atoms with E-state index in [0.29, 0.717) is 46.8 Å². The van der Waals surface area contributed by atoms with Crippen molar-refractivity contribution in [3.63, 3.8) is 0 Å². The van der Waals surface area contributed by atoms with Gasteiger partial charge in [0.05, 0.1) is 10.4 Å². The summed E-state index contributed by atoms with van der Waals surface area (Å²) in [6.45, 7) is 1.42. The predicted molar refractivity (Wildman–Crippen MR) is 98.3 cm³/mol. The Kier molecular flexibility index (Phi) is 4.73. The molecule has 10 heteroatoms. The molecule has 0 saturated carbocycles. The fraction of sp³-hybridized carbons (Fsp3) is 0.312. The zero-order valence-electron chi connectivity index (χ0n) is 13.5. The highest BCUT2D eigenvalue weighted by atomic mass is 79.9. The summed E-state index contributed by atoms with van der Waals surface area (Å²) in [6, 6.07) is 8.78. The van der Waals surface area contributed by atoms with Crippen LogP contribution in [0.1, 0.15) is 12.8 Å². The minimum absolute atomic E-state index is 0.148. The van der Waals surface area contributed by atoms with Crippen LogP contribution < -0.4 is 9.64 Å². The van der Waals surface area contributed by atoms with Crippen LogP contribution in [0.3, 0.4) is 0 Å². The van der Waals surface area contributed by atoms with Crippen molar-refractivity contribution >= 4 is 45.0 Å². The average molecular weight is 438 g/mol. The van der Waals surface area contributed by atoms with Gasteiger partial charge in [0.1, 0.15) is 5.75 Å². The third kappa shape index (κ3) is 3.49. The SMILES string of the molecule is O=C(Oc1ccc(Cl)cc1Br)C1CCN(c2ccc3nnnn3n2)CC1. The van der Waals surface area contributed by atoms with Crippen molar-refractivity contribution in [1.29, 1.82) is 0 Å². The first-order valence-corrected chi connectivity index (χ1v) is 9.24. The number of esters is 1. The molecule has 0 aliphatic carbocycles. The van der Waals surface area contributed by atoms with Crippen LogP contribution in [0.5, 0.6) is 5.75 Å². The molecule has 3 heterocycles. The molecule has 0 N–H and O–H groups in total. The number of piperidine rings is 1. The summed E-state index contributed by atoms with van der Waals surface area (Å²) in [5.41, 5.74) is 0.598. The van der Waals surface area contributed by atoms with Crippen molar-refractivity contribution in [3.05, 3.63) is 39.8 Å². The summed E-state index contributed by atoms with van der Waals surface area (Å²) in [5, 5.41) is 16.2. The highest BCUT2D eigenvalue weighted by Crippen LogP contribution is 2.30. The molecule has 0 unspecified atom stereocenters. The molecule has 0 spiro atoms. The molecule has 4 rings (SSSR count). The van der Waals surface area contributed by atoms with Crippen LogP contribution in [0, 0.1) is 5.92 Å². The fourth-order valence-corrected chi connectivity index (χ4v) is 3.67. The number of tetrazole rings is 1. The second-order valence-corrected chi connectivity index (χ2v) is 7.27. The summed E-state index contributed by atoms with van der Waals surface area (Å²) in [6.07, 6.45) is 1.39. The smallest absolute Gasteiger partial charge is 0.314 e. The number of fused-ring (bicyclic) bond motifs is 1. The Bertz CT molecular complexity index is 957. The third-order valence-electron chi connectivity index (χ3n) is 4.31. The Balaban J connectivity index is 1.38. The minimum Gasteiger partial charge on any atom is -0.425 e. The van der Waals surface area contributed by atoms with Gasteiger partial charge in [-0.05, 0) is 69.5 Å². The molecule has 1 aliphatic rings. The zero-order chi connectivity index (χ0) is 18.1. The van der Waals surface area contributed by atoms with Crippen molar-refractivity contribution in [2.75, 3.05) is 18.0 Å². The Morgan fingerprint density at radius 3 is 2.81 bits per heavy atom. The number of rotatable bonds is 3. The molecule has 8 nitrogen and oxygen atoms in total. The lowest BCUT2D eigenvalue weighted by atomic mass is 9.97. The van der Waals surface area contributed by atoms with Gasteiger partial charge in [-0.2, -0.15) is 0 Å². The summed E-state index contributed by atoms with van der Waals surface area (Å²) < 4.78 is 7.58. The number of hydrogen-bond donors (Lipinski definition) is 0. The Morgan fingerprint density at radius 2 is 2.04 bits per heavy atom. The number of benzene rings is 1. The van der Waals surface area contributed by atoms with Crippen molar-refractivity contribution < 1.29 is 9.53 Å². The van der Waals surface area contributed by atoms with Crippen LogP contribution >= 0.6 is 27.5 Å². The number of carbonyl (C=O) groups excluding carboxylic acids is 1. The van der Waals surface area contributed by atoms with Gasteiger partial charge >= 0.3 is 5.97 Å². The van der Waals surface area contributed by atoms with E-state index in [9.17, 15) is 4.79 Å². The van der Waals surface area contributed by atoms with Gasteiger partial charge in [-0.25, -0.2) is 0 Å². The van der Waals surface area contributed by atoms with Gasteiger partial charge in [-0.3, -0.25) is 4.79 Å². The number of anilines is 1. The van der Waals surface area contributed by atoms with Crippen LogP contribution in [0.4, 0.5) is 5.82 Å². The van der Waals surface area contributed by atoms with E-state index in [1.807, 2.05) is 12.1 Å². The van der Waals surface area contributed by atoms with Gasteiger partial charge in [0, 0.05) is 18.1 Å². The Hall–Kier alpha value is -2.26. The molecular formula is C16H14BrClN6O2. The number of hydrogen-bond acceptors (Lipinski definition) is 7. The largest absolute Gasteiger partial charge is 0.425 e. The van der Waals surface area contributed by atoms with Crippen LogP contribution in [0.25, 0.3) is 5.65 Å². The molecule has 2 aromatic heterocycles. The topological polar surface area (TPSA) is 85.5 Å². The molecule has 134 valence electrons. The molecule has 1 fully saturated rings. The Morgan fingerprint density at radius 1 is 1.23 bits per heavy atom. The third-order valence-corrected chi connectivity index (χ3v) is 5.17. The van der Waals surface area contributed by atoms with Crippen LogP contribution in [0.15, 0.2) is 34.8 Å². The van der Waals surface area contributed by atoms with Crippen molar-refractivity contribution in [3.8, 4) is 5.75 Å². The first kappa shape index (κ1) is 17.2. The van der Waals surface area contributed by atoms with Gasteiger partial charge in [0.2, 0.25) is 0 Å². The predicted octanol–water partition coefficient (Wildman–Crippen LogP) is 2.76. The minimum atomic E-state index is -0.225. The van der Waals surface area contributed by atoms with Crippen molar-refractivity contribution in [2.24, 2.45) is 5.92 Å². The molecule has 1 aromatic carbocycles. The summed E-state index contributed by atoms with van der Waals surface area (Å²) in [7, 11) is 0. The molecule has 0 bridgehead atoms. The molecule has 26 heavy (non-hydrogen) atoms. The van der Waals surface area contributed by atoms with E-state index in [4.69, 9.17) is 16.3 Å². The van der Waals surface area contributed by atoms with Gasteiger partial charge in [-0.15, -0.1) is 14.8 Å². The summed E-state index contributed by atoms with van der Waals surface area (Å²) in [5.74, 6) is 0.895. The zero-order valence-corrected chi connectivity index (χ0v) is 15.9. The maximum Gasteiger partial charge on any atom is 0.314 e. The fourth-order valence-electron chi connectivity index (χ4n) is 2.90. The maximum atomic E-state index is 12.4. The lowest BCUT2D eigenvalue weighted by Gasteiger charge is -2.31. The van der Waals surface area contributed by atoms with E-state index in [2.05, 4.69) is 41.5 Å². The summed E-state index contributed by atoms with van der Waals surface area (Å²) in [4.78, 5) is 14.6. The van der Waals surface area contributed by atoms with E-state index in [1.54, 1.807) is 18.2 Å². The number of carbonyl (C=O) groups is 1. The number of aromatic nitrogens is 5. The molecule has 0 radical (unpaired) electrons. The van der Waals surface area contributed by atoms with E-state index in [1.165, 1.54) is 4.63 Å². The monoisotopic (exact) mass is 436 g/mol. The average Bonchev–Trinajstić information content (AvgIpc) is 3.12. The van der Waals surface area contributed by atoms with Crippen molar-refractivity contribution in [2.45, 2.75) is 12.8 Å². The lowest BCUT2D eigenvalue weighted by Crippen LogP contribution is -2.38. The highest BCUT2D eigenvalue weighted by Gasteiger charge is 2.28. The van der Waals surface area contributed by atoms with E-state index >= 15 is 0 Å². The van der Waals surface area contributed by atoms with E-state index < -0.39 is 0 Å². The molecule has 3 aromatic rings. The maximum absolute atomic E-state index is 12.4. The molecular weight excluding hydrogens is 424 g/mol. The van der Waals surface area contributed by atoms with Gasteiger partial charge in [0.25, 0.3) is 0 Å². The van der Waals surface area contributed by atoms with Gasteiger partial charge in [0.15, 0.2) is 11.5 Å². The quantitative estimate of drug-likeness (QED) is 0.460. The van der Waals surface area contributed by atoms with Crippen LogP contribution in [0.2, 0.25) is 5.02 Å². The number of halogens is 2. The number of ether oxygens (including phenoxy) is 1. The standard InChI is InChI=1S/C16H14BrClN6O2/c17-12-9-11(18)1-2-13(12)26-16(25)10-5-7-23(8-6-10)15-4-3-14-19-21-22-24(14)20-15/h1-4,9-10H,5-8H2. The molecule has 1 aliphatic heterocycles. The molecule has 0 atom stereocenters. The highest BCUT2D eigenvalue weighted by molar-refractivity contribution is 9.10. The first-order valence-electron chi connectivity index (χ1n) is 8.07. The second kappa shape index (κ2) is 7.16. The van der Waals surface area contributed by atoms with E-state index in [0.717, 1.165) is 5.82 Å². The van der Waals surface area contributed by atoms with Crippen molar-refractivity contribution in [1.82, 2.24) is 25.3 Å².